The molecule has 1 unspecified atom stereocenters. The number of carbonyl (C=O) groups excluding carboxylic acids is 1. The Balaban J connectivity index is 1.84. The van der Waals surface area contributed by atoms with E-state index in [1.54, 1.807) is 0 Å². The molecule has 2 amide bonds. The monoisotopic (exact) mass is 329 g/mol. The first-order valence-electron chi connectivity index (χ1n) is 8.78. The lowest BCUT2D eigenvalue weighted by atomic mass is 10.1. The van der Waals surface area contributed by atoms with Gasteiger partial charge in [0, 0.05) is 31.2 Å². The molecule has 24 heavy (non-hydrogen) atoms. The van der Waals surface area contributed by atoms with Crippen LogP contribution in [0.15, 0.2) is 18.3 Å². The molecule has 1 atom stereocenters. The largest absolute Gasteiger partial charge is 0.333 e. The van der Waals surface area contributed by atoms with Gasteiger partial charge in [0.15, 0.2) is 5.65 Å². The maximum atomic E-state index is 12.4. The zero-order valence-electron chi connectivity index (χ0n) is 15.0. The van der Waals surface area contributed by atoms with Crippen molar-refractivity contribution in [1.82, 2.24) is 24.8 Å². The van der Waals surface area contributed by atoms with Gasteiger partial charge in [-0.3, -0.25) is 0 Å². The fraction of sp³-hybridized carbons (Fsp3) is 0.611. The molecule has 0 saturated carbocycles. The van der Waals surface area contributed by atoms with Crippen LogP contribution in [-0.2, 0) is 6.42 Å². The van der Waals surface area contributed by atoms with Crippen molar-refractivity contribution < 1.29 is 4.79 Å². The molecule has 0 spiro atoms. The third-order valence-electron chi connectivity index (χ3n) is 4.29. The Morgan fingerprint density at radius 1 is 1.42 bits per heavy atom. The lowest BCUT2D eigenvalue weighted by molar-refractivity contribution is 0.197. The van der Waals surface area contributed by atoms with Crippen LogP contribution in [0.2, 0.25) is 0 Å². The quantitative estimate of drug-likeness (QED) is 0.941. The number of hydrogen-bond acceptors (Lipinski definition) is 3. The standard InChI is InChI=1S/C18H27N5O/c1-5-7-15-20-14-8-6-10-19-16(14)23(15)13-9-11-22(12-13)17(24)21-18(2,3)4/h6,8,10,13H,5,7,9,11-12H2,1-4H3,(H,21,24). The van der Waals surface area contributed by atoms with Gasteiger partial charge in [0.1, 0.15) is 11.3 Å². The van der Waals surface area contributed by atoms with E-state index in [2.05, 4.69) is 21.8 Å². The second-order valence-electron chi connectivity index (χ2n) is 7.56. The number of fused-ring (bicyclic) bond motifs is 1. The molecule has 0 bridgehead atoms. The van der Waals surface area contributed by atoms with Crippen molar-refractivity contribution in [3.8, 4) is 0 Å². The molecule has 3 heterocycles. The van der Waals surface area contributed by atoms with Crippen LogP contribution in [0, 0.1) is 0 Å². The van der Waals surface area contributed by atoms with Crippen LogP contribution in [0.25, 0.3) is 11.2 Å². The molecule has 1 aliphatic rings. The predicted octanol–water partition coefficient (Wildman–Crippen LogP) is 3.14. The van der Waals surface area contributed by atoms with E-state index in [9.17, 15) is 4.79 Å². The number of nitrogens with zero attached hydrogens (tertiary/aromatic N) is 4. The van der Waals surface area contributed by atoms with Crippen molar-refractivity contribution >= 4 is 17.2 Å². The summed E-state index contributed by atoms with van der Waals surface area (Å²) in [5.74, 6) is 1.08. The highest BCUT2D eigenvalue weighted by molar-refractivity contribution is 5.75. The molecule has 0 radical (unpaired) electrons. The van der Waals surface area contributed by atoms with Gasteiger partial charge < -0.3 is 14.8 Å². The van der Waals surface area contributed by atoms with Crippen LogP contribution in [-0.4, -0.2) is 44.1 Å². The molecule has 2 aromatic heterocycles. The summed E-state index contributed by atoms with van der Waals surface area (Å²) in [6.07, 6.45) is 4.73. The Labute approximate surface area is 143 Å². The summed E-state index contributed by atoms with van der Waals surface area (Å²) in [5, 5.41) is 3.05. The van der Waals surface area contributed by atoms with Gasteiger partial charge in [-0.15, -0.1) is 0 Å². The number of nitrogens with one attached hydrogen (secondary N) is 1. The minimum Gasteiger partial charge on any atom is -0.333 e. The molecule has 6 nitrogen and oxygen atoms in total. The first-order valence-corrected chi connectivity index (χ1v) is 8.78. The van der Waals surface area contributed by atoms with E-state index in [0.717, 1.165) is 42.8 Å². The summed E-state index contributed by atoms with van der Waals surface area (Å²) in [6, 6.07) is 4.20. The summed E-state index contributed by atoms with van der Waals surface area (Å²) in [5.41, 5.74) is 1.66. The van der Waals surface area contributed by atoms with Crippen LogP contribution in [0.1, 0.15) is 52.4 Å². The van der Waals surface area contributed by atoms with Gasteiger partial charge in [-0.25, -0.2) is 14.8 Å². The predicted molar refractivity (Wildman–Crippen MR) is 95.0 cm³/mol. The molecule has 1 saturated heterocycles. The molecule has 1 N–H and O–H groups in total. The number of likely N-dealkylation sites (tertiary alicyclic amines) is 1. The Hall–Kier alpha value is -2.11. The van der Waals surface area contributed by atoms with E-state index in [-0.39, 0.29) is 17.6 Å². The van der Waals surface area contributed by atoms with Gasteiger partial charge in [-0.05, 0) is 45.7 Å². The van der Waals surface area contributed by atoms with Crippen LogP contribution in [0.5, 0.6) is 0 Å². The molecule has 1 aliphatic heterocycles. The van der Waals surface area contributed by atoms with Crippen molar-refractivity contribution in [1.29, 1.82) is 0 Å². The summed E-state index contributed by atoms with van der Waals surface area (Å²) in [7, 11) is 0. The summed E-state index contributed by atoms with van der Waals surface area (Å²) in [4.78, 5) is 23.6. The van der Waals surface area contributed by atoms with Gasteiger partial charge in [0.05, 0.1) is 6.04 Å². The molecule has 0 aliphatic carbocycles. The van der Waals surface area contributed by atoms with Crippen LogP contribution in [0.4, 0.5) is 4.79 Å². The molecule has 2 aromatic rings. The van der Waals surface area contributed by atoms with Crippen molar-refractivity contribution in [2.75, 3.05) is 13.1 Å². The first kappa shape index (κ1) is 16.7. The Kier molecular flexibility index (Phi) is 4.47. The molecule has 1 fully saturated rings. The average Bonchev–Trinajstić information content (AvgIpc) is 3.09. The SMILES string of the molecule is CCCc1nc2cccnc2n1C1CCN(C(=O)NC(C)(C)C)C1. The van der Waals surface area contributed by atoms with Crippen molar-refractivity contribution in [3.05, 3.63) is 24.2 Å². The van der Waals surface area contributed by atoms with E-state index in [4.69, 9.17) is 4.98 Å². The number of hydrogen-bond donors (Lipinski definition) is 1. The fourth-order valence-electron chi connectivity index (χ4n) is 3.30. The lowest BCUT2D eigenvalue weighted by Crippen LogP contribution is -2.47. The number of imidazole rings is 1. The zero-order chi connectivity index (χ0) is 17.3. The molecular formula is C18H27N5O. The van der Waals surface area contributed by atoms with Crippen molar-refractivity contribution in [2.24, 2.45) is 0 Å². The molecular weight excluding hydrogens is 302 g/mol. The van der Waals surface area contributed by atoms with Crippen molar-refractivity contribution in [3.63, 3.8) is 0 Å². The maximum absolute atomic E-state index is 12.4. The Bertz CT molecular complexity index is 731. The van der Waals surface area contributed by atoms with Gasteiger partial charge in [0.25, 0.3) is 0 Å². The highest BCUT2D eigenvalue weighted by Crippen LogP contribution is 2.28. The summed E-state index contributed by atoms with van der Waals surface area (Å²) >= 11 is 0. The van der Waals surface area contributed by atoms with Gasteiger partial charge >= 0.3 is 6.03 Å². The van der Waals surface area contributed by atoms with Gasteiger partial charge in [0.2, 0.25) is 0 Å². The molecule has 130 valence electrons. The van der Waals surface area contributed by atoms with E-state index >= 15 is 0 Å². The second kappa shape index (κ2) is 6.42. The number of aryl methyl sites for hydroxylation is 1. The van der Waals surface area contributed by atoms with Crippen LogP contribution < -0.4 is 5.32 Å². The zero-order valence-corrected chi connectivity index (χ0v) is 15.0. The molecule has 3 rings (SSSR count). The number of urea groups is 1. The molecule has 0 aromatic carbocycles. The number of aromatic nitrogens is 3. The lowest BCUT2D eigenvalue weighted by Gasteiger charge is -2.25. The van der Waals surface area contributed by atoms with Crippen molar-refractivity contribution in [2.45, 2.75) is 58.5 Å². The van der Waals surface area contributed by atoms with E-state index < -0.39 is 0 Å². The van der Waals surface area contributed by atoms with Gasteiger partial charge in [-0.2, -0.15) is 0 Å². The van der Waals surface area contributed by atoms with E-state index in [1.807, 2.05) is 44.0 Å². The Morgan fingerprint density at radius 3 is 2.92 bits per heavy atom. The minimum atomic E-state index is -0.216. The number of rotatable bonds is 3. The minimum absolute atomic E-state index is 0.0134. The Morgan fingerprint density at radius 2 is 2.21 bits per heavy atom. The van der Waals surface area contributed by atoms with E-state index in [0.29, 0.717) is 6.54 Å². The highest BCUT2D eigenvalue weighted by atomic mass is 16.2. The fourth-order valence-corrected chi connectivity index (χ4v) is 3.30. The average molecular weight is 329 g/mol. The second-order valence-corrected chi connectivity index (χ2v) is 7.56. The third kappa shape index (κ3) is 3.37. The molecule has 6 heteroatoms. The van der Waals surface area contributed by atoms with Crippen LogP contribution in [0.3, 0.4) is 0 Å². The van der Waals surface area contributed by atoms with Gasteiger partial charge in [-0.1, -0.05) is 6.92 Å². The number of pyridine rings is 1. The van der Waals surface area contributed by atoms with Crippen LogP contribution >= 0.6 is 0 Å². The summed E-state index contributed by atoms with van der Waals surface area (Å²) < 4.78 is 2.25. The third-order valence-corrected chi connectivity index (χ3v) is 4.29. The normalized spacial score (nSPS) is 18.3. The number of carbonyl (C=O) groups is 1. The summed E-state index contributed by atoms with van der Waals surface area (Å²) in [6.45, 7) is 9.65. The smallest absolute Gasteiger partial charge is 0.317 e. The van der Waals surface area contributed by atoms with E-state index in [1.165, 1.54) is 0 Å². The maximum Gasteiger partial charge on any atom is 0.317 e. The highest BCUT2D eigenvalue weighted by Gasteiger charge is 2.31. The topological polar surface area (TPSA) is 63.1 Å². The first-order chi connectivity index (χ1) is 11.4. The number of amides is 2.